The van der Waals surface area contributed by atoms with E-state index in [0.717, 1.165) is 4.90 Å². The topological polar surface area (TPSA) is 95.5 Å². The lowest BCUT2D eigenvalue weighted by Crippen LogP contribution is -2.35. The summed E-state index contributed by atoms with van der Waals surface area (Å²) in [5, 5.41) is 14.2. The average Bonchev–Trinajstić information content (AvgIpc) is 2.48. The highest BCUT2D eigenvalue weighted by Crippen LogP contribution is 2.25. The van der Waals surface area contributed by atoms with Gasteiger partial charge in [0, 0.05) is 24.1 Å². The van der Waals surface area contributed by atoms with Gasteiger partial charge >= 0.3 is 5.97 Å². The third-order valence-corrected chi connectivity index (χ3v) is 4.60. The fraction of sp³-hybridized carbons (Fsp3) is 0.471. The van der Waals surface area contributed by atoms with Crippen molar-refractivity contribution in [3.05, 3.63) is 24.3 Å². The molecule has 1 unspecified atom stereocenters. The van der Waals surface area contributed by atoms with Gasteiger partial charge in [-0.1, -0.05) is 0 Å². The van der Waals surface area contributed by atoms with Crippen molar-refractivity contribution >= 4 is 35.2 Å². The Labute approximate surface area is 146 Å². The van der Waals surface area contributed by atoms with E-state index in [1.54, 1.807) is 32.9 Å². The SMILES string of the molecule is CC(=O)Nc1ccc(SC(C)C(=O)NCCC(C)(C)C(=O)O)cc1. The number of nitrogens with one attached hydrogen (secondary N) is 2. The average molecular weight is 352 g/mol. The van der Waals surface area contributed by atoms with Crippen LogP contribution in [0.2, 0.25) is 0 Å². The summed E-state index contributed by atoms with van der Waals surface area (Å²) >= 11 is 1.40. The van der Waals surface area contributed by atoms with Crippen LogP contribution in [0.3, 0.4) is 0 Å². The Kier molecular flexibility index (Phi) is 7.28. The summed E-state index contributed by atoms with van der Waals surface area (Å²) in [6.45, 7) is 6.84. The van der Waals surface area contributed by atoms with E-state index in [1.165, 1.54) is 18.7 Å². The van der Waals surface area contributed by atoms with Crippen LogP contribution < -0.4 is 10.6 Å². The lowest BCUT2D eigenvalue weighted by molar-refractivity contribution is -0.147. The van der Waals surface area contributed by atoms with Gasteiger partial charge in [0.2, 0.25) is 11.8 Å². The maximum atomic E-state index is 12.1. The molecule has 0 aliphatic rings. The van der Waals surface area contributed by atoms with Crippen molar-refractivity contribution in [2.75, 3.05) is 11.9 Å². The molecule has 0 aromatic heterocycles. The molecule has 0 radical (unpaired) electrons. The van der Waals surface area contributed by atoms with E-state index in [-0.39, 0.29) is 17.1 Å². The Balaban J connectivity index is 2.46. The van der Waals surface area contributed by atoms with E-state index in [1.807, 2.05) is 12.1 Å². The molecule has 0 saturated carbocycles. The fourth-order valence-corrected chi connectivity index (χ4v) is 2.72. The van der Waals surface area contributed by atoms with Gasteiger partial charge in [0.1, 0.15) is 0 Å². The minimum atomic E-state index is -0.876. The molecule has 1 rings (SSSR count). The highest BCUT2D eigenvalue weighted by atomic mass is 32.2. The molecule has 2 amide bonds. The minimum Gasteiger partial charge on any atom is -0.481 e. The van der Waals surface area contributed by atoms with Crippen molar-refractivity contribution in [3.63, 3.8) is 0 Å². The van der Waals surface area contributed by atoms with Gasteiger partial charge in [0.15, 0.2) is 0 Å². The van der Waals surface area contributed by atoms with Crippen LogP contribution in [-0.2, 0) is 14.4 Å². The number of carbonyl (C=O) groups excluding carboxylic acids is 2. The molecule has 3 N–H and O–H groups in total. The van der Waals surface area contributed by atoms with E-state index >= 15 is 0 Å². The molecule has 0 bridgehead atoms. The summed E-state index contributed by atoms with van der Waals surface area (Å²) in [5.41, 5.74) is -0.150. The monoisotopic (exact) mass is 352 g/mol. The van der Waals surface area contributed by atoms with Gasteiger partial charge in [0.25, 0.3) is 0 Å². The number of benzene rings is 1. The number of rotatable bonds is 8. The van der Waals surface area contributed by atoms with Crippen LogP contribution in [0.4, 0.5) is 5.69 Å². The second-order valence-electron chi connectivity index (χ2n) is 6.20. The van der Waals surface area contributed by atoms with Crippen LogP contribution in [0.1, 0.15) is 34.1 Å². The first-order chi connectivity index (χ1) is 11.1. The van der Waals surface area contributed by atoms with Gasteiger partial charge in [-0.05, 0) is 51.5 Å². The fourth-order valence-electron chi connectivity index (χ4n) is 1.83. The summed E-state index contributed by atoms with van der Waals surface area (Å²) in [4.78, 5) is 35.0. The lowest BCUT2D eigenvalue weighted by Gasteiger charge is -2.19. The van der Waals surface area contributed by atoms with Crippen molar-refractivity contribution in [1.82, 2.24) is 5.32 Å². The summed E-state index contributed by atoms with van der Waals surface area (Å²) in [7, 11) is 0. The summed E-state index contributed by atoms with van der Waals surface area (Å²) < 4.78 is 0. The number of carbonyl (C=O) groups is 3. The number of amides is 2. The maximum Gasteiger partial charge on any atom is 0.309 e. The molecule has 0 saturated heterocycles. The first-order valence-corrected chi connectivity index (χ1v) is 8.55. The molecule has 0 fully saturated rings. The number of thioether (sulfide) groups is 1. The number of aliphatic carboxylic acids is 1. The Morgan fingerprint density at radius 1 is 1.21 bits per heavy atom. The van der Waals surface area contributed by atoms with Gasteiger partial charge in [-0.25, -0.2) is 0 Å². The maximum absolute atomic E-state index is 12.1. The standard InChI is InChI=1S/C17H24N2O4S/c1-11(15(21)18-10-9-17(3,4)16(22)23)24-14-7-5-13(6-8-14)19-12(2)20/h5-8,11H,9-10H2,1-4H3,(H,18,21)(H,19,20)(H,22,23). The Morgan fingerprint density at radius 2 is 1.79 bits per heavy atom. The predicted octanol–water partition coefficient (Wildman–Crippen LogP) is 2.74. The lowest BCUT2D eigenvalue weighted by atomic mass is 9.90. The number of hydrogen-bond donors (Lipinski definition) is 3. The van der Waals surface area contributed by atoms with Crippen LogP contribution in [0.15, 0.2) is 29.2 Å². The molecule has 1 aromatic rings. The van der Waals surface area contributed by atoms with Crippen LogP contribution in [0.5, 0.6) is 0 Å². The largest absolute Gasteiger partial charge is 0.481 e. The minimum absolute atomic E-state index is 0.132. The van der Waals surface area contributed by atoms with E-state index in [4.69, 9.17) is 5.11 Å². The molecule has 0 spiro atoms. The van der Waals surface area contributed by atoms with E-state index in [2.05, 4.69) is 10.6 Å². The third kappa shape index (κ3) is 6.62. The second-order valence-corrected chi connectivity index (χ2v) is 7.61. The molecule has 1 aromatic carbocycles. The number of carboxylic acid groups (broad SMARTS) is 1. The molecule has 132 valence electrons. The van der Waals surface area contributed by atoms with Gasteiger partial charge in [-0.15, -0.1) is 11.8 Å². The summed E-state index contributed by atoms with van der Waals surface area (Å²) in [6, 6.07) is 7.24. The van der Waals surface area contributed by atoms with Gasteiger partial charge in [0.05, 0.1) is 10.7 Å². The van der Waals surface area contributed by atoms with Gasteiger partial charge in [-0.3, -0.25) is 14.4 Å². The second kappa shape index (κ2) is 8.73. The van der Waals surface area contributed by atoms with Crippen molar-refractivity contribution in [1.29, 1.82) is 0 Å². The smallest absolute Gasteiger partial charge is 0.309 e. The molecule has 24 heavy (non-hydrogen) atoms. The first-order valence-electron chi connectivity index (χ1n) is 7.67. The van der Waals surface area contributed by atoms with Gasteiger partial charge < -0.3 is 15.7 Å². The molecule has 1 atom stereocenters. The predicted molar refractivity (Wildman–Crippen MR) is 95.1 cm³/mol. The van der Waals surface area contributed by atoms with E-state index < -0.39 is 11.4 Å². The third-order valence-electron chi connectivity index (χ3n) is 3.48. The Morgan fingerprint density at radius 3 is 2.29 bits per heavy atom. The van der Waals surface area contributed by atoms with E-state index in [9.17, 15) is 14.4 Å². The number of carboxylic acids is 1. The Hall–Kier alpha value is -2.02. The van der Waals surface area contributed by atoms with Crippen LogP contribution >= 0.6 is 11.8 Å². The Bertz CT molecular complexity index is 599. The van der Waals surface area contributed by atoms with Crippen LogP contribution in [0, 0.1) is 5.41 Å². The molecule has 6 nitrogen and oxygen atoms in total. The molecular weight excluding hydrogens is 328 g/mol. The zero-order valence-electron chi connectivity index (χ0n) is 14.4. The first kappa shape index (κ1) is 20.0. The molecule has 7 heteroatoms. The molecule has 0 aliphatic carbocycles. The summed E-state index contributed by atoms with van der Waals surface area (Å²) in [5.74, 6) is -1.14. The molecular formula is C17H24N2O4S. The van der Waals surface area contributed by atoms with Crippen molar-refractivity contribution in [2.45, 2.75) is 44.3 Å². The van der Waals surface area contributed by atoms with Crippen LogP contribution in [-0.4, -0.2) is 34.7 Å². The number of hydrogen-bond acceptors (Lipinski definition) is 4. The normalized spacial score (nSPS) is 12.3. The zero-order chi connectivity index (χ0) is 18.3. The molecule has 0 aliphatic heterocycles. The highest BCUT2D eigenvalue weighted by molar-refractivity contribution is 8.00. The van der Waals surface area contributed by atoms with Crippen molar-refractivity contribution in [2.24, 2.45) is 5.41 Å². The number of anilines is 1. The van der Waals surface area contributed by atoms with E-state index in [0.29, 0.717) is 18.7 Å². The zero-order valence-corrected chi connectivity index (χ0v) is 15.2. The van der Waals surface area contributed by atoms with Gasteiger partial charge in [-0.2, -0.15) is 0 Å². The van der Waals surface area contributed by atoms with Crippen molar-refractivity contribution in [3.8, 4) is 0 Å². The highest BCUT2D eigenvalue weighted by Gasteiger charge is 2.27. The summed E-state index contributed by atoms with van der Waals surface area (Å²) in [6.07, 6.45) is 0.372. The van der Waals surface area contributed by atoms with Crippen LogP contribution in [0.25, 0.3) is 0 Å². The quantitative estimate of drug-likeness (QED) is 0.625. The van der Waals surface area contributed by atoms with Crippen molar-refractivity contribution < 1.29 is 19.5 Å². The molecule has 0 heterocycles.